The van der Waals surface area contributed by atoms with Gasteiger partial charge in [0, 0.05) is 10.9 Å². The minimum absolute atomic E-state index is 0.359. The quantitative estimate of drug-likeness (QED) is 0.423. The highest BCUT2D eigenvalue weighted by molar-refractivity contribution is 6.31. The van der Waals surface area contributed by atoms with E-state index in [1.54, 1.807) is 6.08 Å². The summed E-state index contributed by atoms with van der Waals surface area (Å²) in [7, 11) is 0. The van der Waals surface area contributed by atoms with E-state index in [1.807, 2.05) is 54.6 Å². The van der Waals surface area contributed by atoms with Crippen LogP contribution in [0.15, 0.2) is 54.6 Å². The second kappa shape index (κ2) is 5.80. The number of pyridine rings is 1. The van der Waals surface area contributed by atoms with Gasteiger partial charge in [0.25, 0.3) is 0 Å². The zero-order chi connectivity index (χ0) is 16.5. The number of hydrogen-bond donors (Lipinski definition) is 1. The van der Waals surface area contributed by atoms with Crippen molar-refractivity contribution in [2.24, 2.45) is 0 Å². The maximum atomic E-state index is 9.53. The second-order valence-corrected chi connectivity index (χ2v) is 5.69. The molecule has 0 spiro atoms. The molecule has 0 amide bonds. The smallest absolute Gasteiger partial charge is 0.149 e. The molecule has 5 heteroatoms. The summed E-state index contributed by atoms with van der Waals surface area (Å²) in [6.45, 7) is 0. The van der Waals surface area contributed by atoms with Crippen LogP contribution in [0.25, 0.3) is 33.6 Å². The van der Waals surface area contributed by atoms with Gasteiger partial charge in [-0.05, 0) is 30.3 Å². The first kappa shape index (κ1) is 14.4. The van der Waals surface area contributed by atoms with Gasteiger partial charge in [0.2, 0.25) is 0 Å². The van der Waals surface area contributed by atoms with Gasteiger partial charge >= 0.3 is 0 Å². The van der Waals surface area contributed by atoms with Crippen LogP contribution in [-0.4, -0.2) is 15.0 Å². The molecular weight excluding hydrogens is 320 g/mol. The number of nitrogens with zero attached hydrogens (tertiary/aromatic N) is 3. The zero-order valence-corrected chi connectivity index (χ0v) is 13.2. The van der Waals surface area contributed by atoms with Crippen molar-refractivity contribution in [2.45, 2.75) is 0 Å². The molecule has 0 saturated carbocycles. The Hall–Kier alpha value is -3.16. The molecule has 0 aliphatic rings. The SMILES string of the molecule is N#C/C(=C\c1cc2ccccc2nc1Cl)c1nc2ccccc2[nH]1. The maximum Gasteiger partial charge on any atom is 0.149 e. The van der Waals surface area contributed by atoms with E-state index in [4.69, 9.17) is 11.6 Å². The molecule has 24 heavy (non-hydrogen) atoms. The van der Waals surface area contributed by atoms with Gasteiger partial charge in [-0.2, -0.15) is 5.26 Å². The summed E-state index contributed by atoms with van der Waals surface area (Å²) in [4.78, 5) is 12.0. The third kappa shape index (κ3) is 2.51. The number of fused-ring (bicyclic) bond motifs is 2. The Kier molecular flexibility index (Phi) is 3.49. The molecule has 4 rings (SSSR count). The molecular formula is C19H11ClN4. The zero-order valence-electron chi connectivity index (χ0n) is 12.5. The lowest BCUT2D eigenvalue weighted by Gasteiger charge is -2.02. The summed E-state index contributed by atoms with van der Waals surface area (Å²) >= 11 is 6.27. The highest BCUT2D eigenvalue weighted by Crippen LogP contribution is 2.25. The number of nitriles is 1. The number of H-pyrrole nitrogens is 1. The van der Waals surface area contributed by atoms with E-state index in [0.29, 0.717) is 22.1 Å². The Labute approximate surface area is 143 Å². The molecule has 0 saturated heterocycles. The summed E-state index contributed by atoms with van der Waals surface area (Å²) in [5.41, 5.74) is 3.62. The van der Waals surface area contributed by atoms with Gasteiger partial charge in [0.1, 0.15) is 17.0 Å². The Balaban J connectivity index is 1.85. The molecule has 0 bridgehead atoms. The van der Waals surface area contributed by atoms with Gasteiger partial charge in [-0.3, -0.25) is 0 Å². The molecule has 0 radical (unpaired) electrons. The number of hydrogen-bond acceptors (Lipinski definition) is 3. The Morgan fingerprint density at radius 3 is 2.58 bits per heavy atom. The largest absolute Gasteiger partial charge is 0.337 e. The number of nitrogens with one attached hydrogen (secondary N) is 1. The number of aromatic amines is 1. The van der Waals surface area contributed by atoms with Crippen LogP contribution in [0.2, 0.25) is 5.15 Å². The third-order valence-corrected chi connectivity index (χ3v) is 4.07. The van der Waals surface area contributed by atoms with Crippen molar-refractivity contribution in [3.8, 4) is 6.07 Å². The standard InChI is InChI=1S/C19H11ClN4/c20-18-13(9-12-5-1-2-6-15(12)22-18)10-14(11-21)19-23-16-7-3-4-8-17(16)24-19/h1-10H,(H,23,24)/b14-10+. The monoisotopic (exact) mass is 330 g/mol. The Morgan fingerprint density at radius 2 is 1.79 bits per heavy atom. The van der Waals surface area contributed by atoms with Crippen LogP contribution >= 0.6 is 11.6 Å². The Bertz CT molecular complexity index is 1100. The topological polar surface area (TPSA) is 65.4 Å². The molecule has 1 N–H and O–H groups in total. The number of allylic oxidation sites excluding steroid dienone is 1. The van der Waals surface area contributed by atoms with E-state index in [1.165, 1.54) is 0 Å². The molecule has 2 aromatic heterocycles. The molecule has 2 heterocycles. The first-order valence-corrected chi connectivity index (χ1v) is 7.74. The lowest BCUT2D eigenvalue weighted by Crippen LogP contribution is -1.88. The van der Waals surface area contributed by atoms with Crippen LogP contribution in [0, 0.1) is 11.3 Å². The molecule has 0 unspecified atom stereocenters. The first-order chi connectivity index (χ1) is 11.7. The number of benzene rings is 2. The summed E-state index contributed by atoms with van der Waals surface area (Å²) in [6, 6.07) is 19.5. The van der Waals surface area contributed by atoms with E-state index < -0.39 is 0 Å². The predicted molar refractivity (Wildman–Crippen MR) is 96.3 cm³/mol. The van der Waals surface area contributed by atoms with Crippen molar-refractivity contribution in [1.82, 2.24) is 15.0 Å². The fourth-order valence-electron chi connectivity index (χ4n) is 2.60. The van der Waals surface area contributed by atoms with Gasteiger partial charge < -0.3 is 4.98 Å². The van der Waals surface area contributed by atoms with Crippen molar-refractivity contribution in [3.05, 3.63) is 71.1 Å². The summed E-state index contributed by atoms with van der Waals surface area (Å²) < 4.78 is 0. The van der Waals surface area contributed by atoms with Gasteiger partial charge in [-0.25, -0.2) is 9.97 Å². The third-order valence-electron chi connectivity index (χ3n) is 3.77. The highest BCUT2D eigenvalue weighted by Gasteiger charge is 2.10. The Morgan fingerprint density at radius 1 is 1.04 bits per heavy atom. The van der Waals surface area contributed by atoms with E-state index >= 15 is 0 Å². The average Bonchev–Trinajstić information content (AvgIpc) is 3.03. The van der Waals surface area contributed by atoms with Crippen LogP contribution in [0.4, 0.5) is 0 Å². The van der Waals surface area contributed by atoms with E-state index in [2.05, 4.69) is 21.0 Å². The minimum Gasteiger partial charge on any atom is -0.337 e. The fraction of sp³-hybridized carbons (Fsp3) is 0. The number of imidazole rings is 1. The molecule has 4 aromatic rings. The van der Waals surface area contributed by atoms with Crippen LogP contribution < -0.4 is 0 Å². The normalized spacial score (nSPS) is 11.8. The maximum absolute atomic E-state index is 9.53. The van der Waals surface area contributed by atoms with Crippen molar-refractivity contribution in [2.75, 3.05) is 0 Å². The molecule has 2 aromatic carbocycles. The lowest BCUT2D eigenvalue weighted by molar-refractivity contribution is 1.27. The molecule has 114 valence electrons. The van der Waals surface area contributed by atoms with Gasteiger partial charge in [0.05, 0.1) is 22.1 Å². The molecule has 0 fully saturated rings. The van der Waals surface area contributed by atoms with Crippen LogP contribution in [-0.2, 0) is 0 Å². The van der Waals surface area contributed by atoms with Gasteiger partial charge in [0.15, 0.2) is 0 Å². The summed E-state index contributed by atoms with van der Waals surface area (Å²) in [5.74, 6) is 0.517. The van der Waals surface area contributed by atoms with Gasteiger partial charge in [-0.1, -0.05) is 41.9 Å². The number of halogens is 1. The van der Waals surface area contributed by atoms with E-state index in [-0.39, 0.29) is 0 Å². The molecule has 0 aliphatic heterocycles. The van der Waals surface area contributed by atoms with Crippen molar-refractivity contribution < 1.29 is 0 Å². The van der Waals surface area contributed by atoms with Crippen LogP contribution in [0.1, 0.15) is 11.4 Å². The number of para-hydroxylation sites is 3. The van der Waals surface area contributed by atoms with Gasteiger partial charge in [-0.15, -0.1) is 0 Å². The van der Waals surface area contributed by atoms with Crippen LogP contribution in [0.3, 0.4) is 0 Å². The van der Waals surface area contributed by atoms with Crippen LogP contribution in [0.5, 0.6) is 0 Å². The average molecular weight is 331 g/mol. The van der Waals surface area contributed by atoms with E-state index in [9.17, 15) is 5.26 Å². The summed E-state index contributed by atoms with van der Waals surface area (Å²) in [5, 5.41) is 10.9. The fourth-order valence-corrected chi connectivity index (χ4v) is 2.80. The molecule has 0 aliphatic carbocycles. The first-order valence-electron chi connectivity index (χ1n) is 7.37. The summed E-state index contributed by atoms with van der Waals surface area (Å²) in [6.07, 6.45) is 1.71. The molecule has 0 atom stereocenters. The molecule has 4 nitrogen and oxygen atoms in total. The lowest BCUT2D eigenvalue weighted by atomic mass is 10.1. The van der Waals surface area contributed by atoms with Crippen molar-refractivity contribution in [1.29, 1.82) is 5.26 Å². The predicted octanol–water partition coefficient (Wildman–Crippen LogP) is 4.83. The minimum atomic E-state index is 0.359. The highest BCUT2D eigenvalue weighted by atomic mass is 35.5. The van der Waals surface area contributed by atoms with E-state index in [0.717, 1.165) is 21.9 Å². The van der Waals surface area contributed by atoms with Crippen molar-refractivity contribution >= 4 is 45.2 Å². The number of aromatic nitrogens is 3. The second-order valence-electron chi connectivity index (χ2n) is 5.33. The van der Waals surface area contributed by atoms with Crippen molar-refractivity contribution in [3.63, 3.8) is 0 Å². The number of rotatable bonds is 2.